The summed E-state index contributed by atoms with van der Waals surface area (Å²) in [7, 11) is 1.92. The molecule has 1 saturated heterocycles. The van der Waals surface area contributed by atoms with Crippen LogP contribution in [-0.2, 0) is 19.1 Å². The van der Waals surface area contributed by atoms with Crippen LogP contribution in [0.5, 0.6) is 0 Å². The van der Waals surface area contributed by atoms with Crippen LogP contribution in [0.25, 0.3) is 0 Å². The lowest BCUT2D eigenvalue weighted by atomic mass is 9.81. The van der Waals surface area contributed by atoms with E-state index in [1.807, 2.05) is 23.0 Å². The second-order valence-electron chi connectivity index (χ2n) is 8.22. The minimum atomic E-state index is -0.659. The number of nitrogens with zero attached hydrogens (tertiary/aromatic N) is 4. The van der Waals surface area contributed by atoms with Gasteiger partial charge in [-0.3, -0.25) is 14.6 Å². The number of ether oxygens (including phenoxy) is 2. The molecule has 0 aromatic rings. The molecule has 2 aliphatic rings. The van der Waals surface area contributed by atoms with Crippen molar-refractivity contribution in [3.05, 3.63) is 11.8 Å². The third kappa shape index (κ3) is 5.58. The number of hydrogen-bond acceptors (Lipinski definition) is 8. The summed E-state index contributed by atoms with van der Waals surface area (Å²) in [6.07, 6.45) is 5.17. The lowest BCUT2D eigenvalue weighted by molar-refractivity contribution is -0.194. The second kappa shape index (κ2) is 12.1. The molecule has 0 unspecified atom stereocenters. The number of carbonyl (C=O) groups is 2. The summed E-state index contributed by atoms with van der Waals surface area (Å²) in [5, 5.41) is 9.59. The van der Waals surface area contributed by atoms with Crippen molar-refractivity contribution in [3.8, 4) is 6.07 Å². The van der Waals surface area contributed by atoms with Crippen molar-refractivity contribution in [2.45, 2.75) is 78.2 Å². The van der Waals surface area contributed by atoms with Crippen LogP contribution < -0.4 is 0 Å². The van der Waals surface area contributed by atoms with Gasteiger partial charge in [0, 0.05) is 37.8 Å². The number of fused-ring (bicyclic) bond motifs is 1. The van der Waals surface area contributed by atoms with Gasteiger partial charge in [0.1, 0.15) is 6.04 Å². The van der Waals surface area contributed by atoms with Crippen molar-refractivity contribution in [2.75, 3.05) is 33.4 Å². The average Bonchev–Trinajstić information content (AvgIpc) is 2.75. The summed E-state index contributed by atoms with van der Waals surface area (Å²) < 4.78 is 11.0. The number of nitriles is 1. The van der Waals surface area contributed by atoms with Crippen molar-refractivity contribution in [2.24, 2.45) is 5.92 Å². The summed E-state index contributed by atoms with van der Waals surface area (Å²) in [4.78, 5) is 32.6. The summed E-state index contributed by atoms with van der Waals surface area (Å²) >= 11 is 0. The fourth-order valence-corrected chi connectivity index (χ4v) is 4.82. The zero-order valence-corrected chi connectivity index (χ0v) is 19.7. The van der Waals surface area contributed by atoms with E-state index in [4.69, 9.17) is 9.47 Å². The Labute approximate surface area is 186 Å². The predicted molar refractivity (Wildman–Crippen MR) is 117 cm³/mol. The van der Waals surface area contributed by atoms with Crippen molar-refractivity contribution in [3.63, 3.8) is 0 Å². The Hall–Kier alpha value is -2.11. The molecule has 2 aliphatic heterocycles. The van der Waals surface area contributed by atoms with Crippen molar-refractivity contribution in [1.29, 1.82) is 5.26 Å². The monoisotopic (exact) mass is 434 g/mol. The molecule has 2 rings (SSSR count). The van der Waals surface area contributed by atoms with Crippen molar-refractivity contribution >= 4 is 11.9 Å². The molecule has 0 saturated carbocycles. The van der Waals surface area contributed by atoms with Gasteiger partial charge in [0.2, 0.25) is 0 Å². The van der Waals surface area contributed by atoms with Gasteiger partial charge in [0.05, 0.1) is 25.4 Å². The van der Waals surface area contributed by atoms with E-state index in [0.717, 1.165) is 25.7 Å². The molecule has 8 heteroatoms. The highest BCUT2D eigenvalue weighted by Crippen LogP contribution is 2.40. The smallest absolute Gasteiger partial charge is 0.338 e. The van der Waals surface area contributed by atoms with Gasteiger partial charge in [-0.05, 0) is 33.1 Å². The van der Waals surface area contributed by atoms with Crippen LogP contribution >= 0.6 is 0 Å². The van der Waals surface area contributed by atoms with E-state index in [2.05, 4.69) is 24.8 Å². The Morgan fingerprint density at radius 2 is 1.61 bits per heavy atom. The van der Waals surface area contributed by atoms with Gasteiger partial charge in [-0.1, -0.05) is 26.7 Å². The largest absolute Gasteiger partial charge is 0.465 e. The molecule has 0 aromatic heterocycles. The first kappa shape index (κ1) is 25.2. The summed E-state index contributed by atoms with van der Waals surface area (Å²) in [5.74, 6) is -0.834. The molecule has 1 fully saturated rings. The van der Waals surface area contributed by atoms with Crippen LogP contribution in [-0.4, -0.2) is 78.4 Å². The van der Waals surface area contributed by atoms with Crippen molar-refractivity contribution < 1.29 is 19.1 Å². The van der Waals surface area contributed by atoms with Crippen LogP contribution in [0.4, 0.5) is 0 Å². The van der Waals surface area contributed by atoms with E-state index in [1.54, 1.807) is 13.8 Å². The first-order chi connectivity index (χ1) is 14.9. The Morgan fingerprint density at radius 3 is 2.16 bits per heavy atom. The summed E-state index contributed by atoms with van der Waals surface area (Å²) in [6.45, 7) is 9.65. The van der Waals surface area contributed by atoms with E-state index < -0.39 is 12.2 Å². The second-order valence-corrected chi connectivity index (χ2v) is 8.22. The van der Waals surface area contributed by atoms with Crippen LogP contribution in [0.15, 0.2) is 11.8 Å². The molecule has 0 aromatic carbocycles. The van der Waals surface area contributed by atoms with Gasteiger partial charge in [-0.15, -0.1) is 0 Å². The third-order valence-electron chi connectivity index (χ3n) is 6.06. The minimum absolute atomic E-state index is 0.178. The lowest BCUT2D eigenvalue weighted by Crippen LogP contribution is -2.73. The SMILES string of the molecule is CCCCN1[C@@H](C(=O)OCC)N(CCCC)[C@H]2[C@@H](CC(C#N)=CN2C)[C@@H]1C(=O)OCC. The molecule has 174 valence electrons. The average molecular weight is 435 g/mol. The number of hydrogen-bond donors (Lipinski definition) is 0. The lowest BCUT2D eigenvalue weighted by Gasteiger charge is -2.57. The number of unbranched alkanes of at least 4 members (excludes halogenated alkanes) is 2. The van der Waals surface area contributed by atoms with Gasteiger partial charge >= 0.3 is 11.9 Å². The van der Waals surface area contributed by atoms with Crippen LogP contribution in [0, 0.1) is 17.2 Å². The topological polar surface area (TPSA) is 86.1 Å². The molecular formula is C23H38N4O4. The normalized spacial score (nSPS) is 26.6. The van der Waals surface area contributed by atoms with Crippen molar-refractivity contribution in [1.82, 2.24) is 14.7 Å². The fourth-order valence-electron chi connectivity index (χ4n) is 4.82. The maximum atomic E-state index is 13.2. The highest BCUT2D eigenvalue weighted by molar-refractivity contribution is 5.80. The van der Waals surface area contributed by atoms with E-state index in [1.165, 1.54) is 0 Å². The van der Waals surface area contributed by atoms with E-state index >= 15 is 0 Å². The zero-order valence-electron chi connectivity index (χ0n) is 19.7. The number of allylic oxidation sites excluding steroid dienone is 1. The minimum Gasteiger partial charge on any atom is -0.465 e. The van der Waals surface area contributed by atoms with Crippen LogP contribution in [0.2, 0.25) is 0 Å². The first-order valence-electron chi connectivity index (χ1n) is 11.6. The molecule has 4 atom stereocenters. The maximum Gasteiger partial charge on any atom is 0.338 e. The predicted octanol–water partition coefficient (Wildman–Crippen LogP) is 2.71. The molecule has 0 spiro atoms. The molecule has 0 bridgehead atoms. The molecule has 2 heterocycles. The standard InChI is InChI=1S/C23H38N4O4/c1-6-10-12-26-19(22(28)30-8-3)18-14-17(15-24)16-25(5)20(18)27(13-11-7-2)21(26)23(29)31-9-4/h16,18-21H,6-14H2,1-5H3/t18-,19+,20-,21+/m0/s1. The molecule has 0 radical (unpaired) electrons. The molecule has 0 N–H and O–H groups in total. The molecule has 0 amide bonds. The maximum absolute atomic E-state index is 13.2. The highest BCUT2D eigenvalue weighted by atomic mass is 16.5. The Morgan fingerprint density at radius 1 is 1.03 bits per heavy atom. The molecule has 8 nitrogen and oxygen atoms in total. The number of rotatable bonds is 10. The summed E-state index contributed by atoms with van der Waals surface area (Å²) in [6, 6.07) is 1.66. The quantitative estimate of drug-likeness (QED) is 0.485. The van der Waals surface area contributed by atoms with Crippen LogP contribution in [0.1, 0.15) is 59.8 Å². The number of esters is 2. The molecule has 31 heavy (non-hydrogen) atoms. The zero-order chi connectivity index (χ0) is 23.0. The molecular weight excluding hydrogens is 396 g/mol. The van der Waals surface area contributed by atoms with Gasteiger partial charge in [-0.2, -0.15) is 5.26 Å². The van der Waals surface area contributed by atoms with Gasteiger partial charge < -0.3 is 14.4 Å². The first-order valence-corrected chi connectivity index (χ1v) is 11.6. The van der Waals surface area contributed by atoms with Crippen LogP contribution in [0.3, 0.4) is 0 Å². The van der Waals surface area contributed by atoms with E-state index in [-0.39, 0.29) is 37.2 Å². The third-order valence-corrected chi connectivity index (χ3v) is 6.06. The Kier molecular flexibility index (Phi) is 9.79. The van der Waals surface area contributed by atoms with Gasteiger partial charge in [0.25, 0.3) is 0 Å². The van der Waals surface area contributed by atoms with E-state index in [0.29, 0.717) is 25.1 Å². The number of carbonyl (C=O) groups excluding carboxylic acids is 2. The fraction of sp³-hybridized carbons (Fsp3) is 0.783. The highest BCUT2D eigenvalue weighted by Gasteiger charge is 2.55. The Bertz CT molecular complexity index is 690. The molecule has 0 aliphatic carbocycles. The Balaban J connectivity index is 2.61. The van der Waals surface area contributed by atoms with Gasteiger partial charge in [0.15, 0.2) is 6.17 Å². The summed E-state index contributed by atoms with van der Waals surface area (Å²) in [5.41, 5.74) is 0.638. The van der Waals surface area contributed by atoms with E-state index in [9.17, 15) is 14.9 Å². The van der Waals surface area contributed by atoms with Gasteiger partial charge in [-0.25, -0.2) is 4.79 Å².